The monoisotopic (exact) mass is 319 g/mol. The Morgan fingerprint density at radius 3 is 1.70 bits per heavy atom. The van der Waals surface area contributed by atoms with Crippen molar-refractivity contribution in [1.29, 1.82) is 0 Å². The molecule has 0 amide bonds. The Bertz CT molecular complexity index is 534. The molecule has 1 nitrogen and oxygen atoms in total. The second-order valence-electron chi connectivity index (χ2n) is 7.24. The summed E-state index contributed by atoms with van der Waals surface area (Å²) >= 11 is 1.76. The number of benzene rings is 1. The first-order valence-electron chi connectivity index (χ1n) is 7.12. The zero-order valence-electron chi connectivity index (χ0n) is 13.4. The molecular formula is C16H25NSSi2. The Labute approximate surface area is 129 Å². The first-order valence-corrected chi connectivity index (χ1v) is 15.0. The molecule has 0 bridgehead atoms. The first kappa shape index (κ1) is 15.5. The predicted octanol–water partition coefficient (Wildman–Crippen LogP) is 5.89. The largest absolute Gasteiger partial charge is 0.425 e. The summed E-state index contributed by atoms with van der Waals surface area (Å²) in [6, 6.07) is 11.3. The highest BCUT2D eigenvalue weighted by Gasteiger charge is 2.34. The Balaban J connectivity index is 2.37. The summed E-state index contributed by atoms with van der Waals surface area (Å²) in [4.78, 5) is 0. The third-order valence-electron chi connectivity index (χ3n) is 3.32. The minimum absolute atomic E-state index is 1.32. The molecule has 2 aromatic rings. The Morgan fingerprint density at radius 2 is 1.30 bits per heavy atom. The lowest BCUT2D eigenvalue weighted by molar-refractivity contribution is 1.35. The number of anilines is 1. The molecule has 1 aromatic heterocycles. The van der Waals surface area contributed by atoms with Gasteiger partial charge in [-0.15, -0.1) is 0 Å². The molecule has 0 saturated carbocycles. The molecule has 0 atom stereocenters. The highest BCUT2D eigenvalue weighted by molar-refractivity contribution is 7.08. The highest BCUT2D eigenvalue weighted by atomic mass is 32.1. The topological polar surface area (TPSA) is 3.24 Å². The fourth-order valence-corrected chi connectivity index (χ4v) is 13.6. The van der Waals surface area contributed by atoms with Crippen LogP contribution in [-0.2, 0) is 0 Å². The fraction of sp³-hybridized carbons (Fsp3) is 0.375. The molecule has 20 heavy (non-hydrogen) atoms. The van der Waals surface area contributed by atoms with Crippen LogP contribution in [-0.4, -0.2) is 16.5 Å². The number of hydrogen-bond acceptors (Lipinski definition) is 2. The van der Waals surface area contributed by atoms with Crippen LogP contribution in [0, 0.1) is 0 Å². The summed E-state index contributed by atoms with van der Waals surface area (Å²) in [5.74, 6) is 0. The molecule has 4 heteroatoms. The molecule has 0 aliphatic carbocycles. The van der Waals surface area contributed by atoms with Crippen molar-refractivity contribution in [3.63, 3.8) is 0 Å². The molecular weight excluding hydrogens is 294 g/mol. The number of nitrogens with zero attached hydrogens (tertiary/aromatic N) is 1. The van der Waals surface area contributed by atoms with E-state index in [1.807, 2.05) is 0 Å². The lowest BCUT2D eigenvalue weighted by Crippen LogP contribution is -2.59. The van der Waals surface area contributed by atoms with E-state index >= 15 is 0 Å². The second kappa shape index (κ2) is 5.50. The molecule has 0 saturated heterocycles. The van der Waals surface area contributed by atoms with Gasteiger partial charge in [-0.05, 0) is 40.1 Å². The van der Waals surface area contributed by atoms with Crippen LogP contribution in [0.15, 0.2) is 41.1 Å². The van der Waals surface area contributed by atoms with Crippen LogP contribution in [0.2, 0.25) is 39.3 Å². The van der Waals surface area contributed by atoms with E-state index in [2.05, 4.69) is 84.6 Å². The van der Waals surface area contributed by atoms with Gasteiger partial charge in [0.05, 0.1) is 0 Å². The van der Waals surface area contributed by atoms with Crippen LogP contribution >= 0.6 is 11.3 Å². The zero-order valence-corrected chi connectivity index (χ0v) is 16.2. The van der Waals surface area contributed by atoms with Crippen molar-refractivity contribution in [3.8, 4) is 11.1 Å². The minimum Gasteiger partial charge on any atom is -0.425 e. The van der Waals surface area contributed by atoms with Crippen LogP contribution in [0.3, 0.4) is 0 Å². The van der Waals surface area contributed by atoms with Crippen molar-refractivity contribution < 1.29 is 0 Å². The first-order chi connectivity index (χ1) is 9.19. The number of hydrogen-bond donors (Lipinski definition) is 0. The second-order valence-corrected chi connectivity index (χ2v) is 18.0. The van der Waals surface area contributed by atoms with E-state index in [0.29, 0.717) is 0 Å². The SMILES string of the molecule is C[Si](C)(C)N(c1ccc(-c2ccsc2)cc1)[Si](C)(C)C. The summed E-state index contributed by atoms with van der Waals surface area (Å²) in [7, 11) is -2.70. The van der Waals surface area contributed by atoms with Crippen molar-refractivity contribution >= 4 is 33.5 Å². The van der Waals surface area contributed by atoms with E-state index in [4.69, 9.17) is 0 Å². The quantitative estimate of drug-likeness (QED) is 0.635. The van der Waals surface area contributed by atoms with Crippen molar-refractivity contribution in [2.45, 2.75) is 39.3 Å². The standard InChI is InChI=1S/C16H25NSSi2/c1-19(2,3)17(20(4,5)6)16-9-7-14(8-10-16)15-11-12-18-13-15/h7-13H,1-6H3. The van der Waals surface area contributed by atoms with Crippen LogP contribution < -0.4 is 4.23 Å². The molecule has 0 aliphatic heterocycles. The normalized spacial score (nSPS) is 12.5. The molecule has 1 aromatic carbocycles. The van der Waals surface area contributed by atoms with Crippen molar-refractivity contribution in [2.24, 2.45) is 0 Å². The number of thiophene rings is 1. The van der Waals surface area contributed by atoms with Gasteiger partial charge in [0.25, 0.3) is 0 Å². The maximum Gasteiger partial charge on any atom is 0.138 e. The Morgan fingerprint density at radius 1 is 0.750 bits per heavy atom. The van der Waals surface area contributed by atoms with E-state index in [0.717, 1.165) is 0 Å². The minimum atomic E-state index is -1.35. The summed E-state index contributed by atoms with van der Waals surface area (Å²) in [6.07, 6.45) is 0. The van der Waals surface area contributed by atoms with Crippen LogP contribution in [0.5, 0.6) is 0 Å². The van der Waals surface area contributed by atoms with Crippen molar-refractivity contribution in [2.75, 3.05) is 4.23 Å². The van der Waals surface area contributed by atoms with E-state index in [9.17, 15) is 0 Å². The molecule has 108 valence electrons. The molecule has 1 heterocycles. The van der Waals surface area contributed by atoms with Crippen molar-refractivity contribution in [3.05, 3.63) is 41.1 Å². The van der Waals surface area contributed by atoms with Gasteiger partial charge in [-0.2, -0.15) is 11.3 Å². The van der Waals surface area contributed by atoms with E-state index in [-0.39, 0.29) is 0 Å². The molecule has 0 radical (unpaired) electrons. The maximum atomic E-state index is 2.76. The van der Waals surface area contributed by atoms with Crippen molar-refractivity contribution in [1.82, 2.24) is 0 Å². The van der Waals surface area contributed by atoms with Gasteiger partial charge in [0.2, 0.25) is 0 Å². The van der Waals surface area contributed by atoms with Gasteiger partial charge >= 0.3 is 0 Å². The van der Waals surface area contributed by atoms with E-state index in [1.165, 1.54) is 16.8 Å². The van der Waals surface area contributed by atoms with Gasteiger partial charge in [-0.25, -0.2) is 0 Å². The van der Waals surface area contributed by atoms with Gasteiger partial charge < -0.3 is 4.23 Å². The fourth-order valence-electron chi connectivity index (χ4n) is 3.01. The average molecular weight is 320 g/mol. The number of rotatable bonds is 4. The van der Waals surface area contributed by atoms with E-state index in [1.54, 1.807) is 11.3 Å². The Hall–Kier alpha value is -0.846. The highest BCUT2D eigenvalue weighted by Crippen LogP contribution is 2.30. The molecule has 2 rings (SSSR count). The van der Waals surface area contributed by atoms with Gasteiger partial charge in [-0.3, -0.25) is 0 Å². The van der Waals surface area contributed by atoms with Crippen LogP contribution in [0.1, 0.15) is 0 Å². The lowest BCUT2D eigenvalue weighted by Gasteiger charge is -2.46. The van der Waals surface area contributed by atoms with E-state index < -0.39 is 16.5 Å². The third kappa shape index (κ3) is 3.42. The average Bonchev–Trinajstić information content (AvgIpc) is 2.79. The third-order valence-corrected chi connectivity index (χ3v) is 11.2. The zero-order chi connectivity index (χ0) is 15.0. The predicted molar refractivity (Wildman–Crippen MR) is 98.9 cm³/mol. The molecule has 0 aliphatic rings. The van der Waals surface area contributed by atoms with Crippen LogP contribution in [0.25, 0.3) is 11.1 Å². The van der Waals surface area contributed by atoms with Gasteiger partial charge in [-0.1, -0.05) is 51.4 Å². The lowest BCUT2D eigenvalue weighted by atomic mass is 10.1. The summed E-state index contributed by atoms with van der Waals surface area (Å²) in [6.45, 7) is 14.7. The Kier molecular flexibility index (Phi) is 4.28. The van der Waals surface area contributed by atoms with Gasteiger partial charge in [0.15, 0.2) is 0 Å². The molecule has 0 unspecified atom stereocenters. The van der Waals surface area contributed by atoms with Crippen LogP contribution in [0.4, 0.5) is 5.69 Å². The smallest absolute Gasteiger partial charge is 0.138 e. The summed E-state index contributed by atoms with van der Waals surface area (Å²) in [5.41, 5.74) is 4.05. The molecule has 0 N–H and O–H groups in total. The molecule has 0 spiro atoms. The maximum absolute atomic E-state index is 2.76. The van der Waals surface area contributed by atoms with Gasteiger partial charge in [0, 0.05) is 5.69 Å². The summed E-state index contributed by atoms with van der Waals surface area (Å²) < 4.78 is 2.76. The van der Waals surface area contributed by atoms with Gasteiger partial charge in [0.1, 0.15) is 16.5 Å². The summed E-state index contributed by atoms with van der Waals surface area (Å²) in [5, 5.41) is 4.35. The molecule has 0 fully saturated rings.